The van der Waals surface area contributed by atoms with Gasteiger partial charge in [0.1, 0.15) is 0 Å². The minimum absolute atomic E-state index is 0.0705. The summed E-state index contributed by atoms with van der Waals surface area (Å²) >= 11 is 0. The number of hydrogen-bond acceptors (Lipinski definition) is 2. The summed E-state index contributed by atoms with van der Waals surface area (Å²) in [6.07, 6.45) is 3.12. The third-order valence-electron chi connectivity index (χ3n) is 3.68. The highest BCUT2D eigenvalue weighted by Gasteiger charge is 2.13. The number of nitrogens with one attached hydrogen (secondary N) is 2. The van der Waals surface area contributed by atoms with Crippen molar-refractivity contribution in [1.82, 2.24) is 5.32 Å². The number of benzene rings is 2. The Morgan fingerprint density at radius 1 is 0.960 bits per heavy atom. The van der Waals surface area contributed by atoms with Gasteiger partial charge in [0.25, 0.3) is 0 Å². The maximum atomic E-state index is 11.9. The minimum atomic E-state index is -0.304. The van der Waals surface area contributed by atoms with Gasteiger partial charge in [-0.3, -0.25) is 9.59 Å². The predicted octanol–water partition coefficient (Wildman–Crippen LogP) is 3.75. The summed E-state index contributed by atoms with van der Waals surface area (Å²) in [4.78, 5) is 23.7. The molecule has 4 heteroatoms. The van der Waals surface area contributed by atoms with E-state index in [1.54, 1.807) is 6.08 Å². The standard InChI is InChI=1S/C21H24N2O2/c1-21(2,3)17-10-12-18(13-11-17)23-20(25)15-22-19(24)14-9-16-7-5-4-6-8-16/h4-14H,15H2,1-3H3,(H,22,24)(H,23,25)/b14-9+. The Bertz CT molecular complexity index is 742. The Balaban J connectivity index is 1.80. The van der Waals surface area contributed by atoms with E-state index >= 15 is 0 Å². The topological polar surface area (TPSA) is 58.2 Å². The van der Waals surface area contributed by atoms with Crippen LogP contribution in [-0.4, -0.2) is 18.4 Å². The number of anilines is 1. The minimum Gasteiger partial charge on any atom is -0.343 e. The van der Waals surface area contributed by atoms with Gasteiger partial charge < -0.3 is 10.6 Å². The quantitative estimate of drug-likeness (QED) is 0.817. The molecule has 0 heterocycles. The third kappa shape index (κ3) is 6.26. The molecule has 2 N–H and O–H groups in total. The van der Waals surface area contributed by atoms with Crippen LogP contribution in [0.3, 0.4) is 0 Å². The van der Waals surface area contributed by atoms with Crippen LogP contribution in [0, 0.1) is 0 Å². The summed E-state index contributed by atoms with van der Waals surface area (Å²) < 4.78 is 0. The lowest BCUT2D eigenvalue weighted by atomic mass is 9.87. The molecular formula is C21H24N2O2. The summed E-state index contributed by atoms with van der Waals surface area (Å²) in [5.74, 6) is -0.563. The van der Waals surface area contributed by atoms with E-state index in [0.717, 1.165) is 5.56 Å². The van der Waals surface area contributed by atoms with Crippen LogP contribution in [0.25, 0.3) is 6.08 Å². The van der Waals surface area contributed by atoms with Crippen LogP contribution < -0.4 is 10.6 Å². The molecule has 130 valence electrons. The zero-order valence-electron chi connectivity index (χ0n) is 14.9. The van der Waals surface area contributed by atoms with Crippen molar-refractivity contribution in [3.05, 3.63) is 71.8 Å². The van der Waals surface area contributed by atoms with Crippen molar-refractivity contribution in [2.45, 2.75) is 26.2 Å². The van der Waals surface area contributed by atoms with E-state index in [-0.39, 0.29) is 23.8 Å². The van der Waals surface area contributed by atoms with Crippen molar-refractivity contribution in [3.8, 4) is 0 Å². The molecule has 0 aliphatic carbocycles. The molecule has 0 saturated carbocycles. The normalized spacial score (nSPS) is 11.3. The molecule has 2 amide bonds. The van der Waals surface area contributed by atoms with Crippen LogP contribution in [0.15, 0.2) is 60.7 Å². The fraction of sp³-hybridized carbons (Fsp3) is 0.238. The van der Waals surface area contributed by atoms with Crippen LogP contribution in [0.2, 0.25) is 0 Å². The second-order valence-electron chi connectivity index (χ2n) is 6.84. The average Bonchev–Trinajstić information content (AvgIpc) is 2.59. The Hall–Kier alpha value is -2.88. The van der Waals surface area contributed by atoms with Crippen LogP contribution in [-0.2, 0) is 15.0 Å². The van der Waals surface area contributed by atoms with Crippen molar-refractivity contribution in [2.75, 3.05) is 11.9 Å². The average molecular weight is 336 g/mol. The lowest BCUT2D eigenvalue weighted by molar-refractivity contribution is -0.121. The second kappa shape index (κ2) is 8.29. The number of amides is 2. The lowest BCUT2D eigenvalue weighted by Gasteiger charge is -2.19. The molecule has 0 bridgehead atoms. The summed E-state index contributed by atoms with van der Waals surface area (Å²) in [7, 11) is 0. The van der Waals surface area contributed by atoms with Crippen LogP contribution >= 0.6 is 0 Å². The SMILES string of the molecule is CC(C)(C)c1ccc(NC(=O)CNC(=O)/C=C/c2ccccc2)cc1. The highest BCUT2D eigenvalue weighted by molar-refractivity contribution is 5.97. The molecule has 25 heavy (non-hydrogen) atoms. The highest BCUT2D eigenvalue weighted by Crippen LogP contribution is 2.23. The van der Waals surface area contributed by atoms with Gasteiger partial charge in [0.15, 0.2) is 0 Å². The van der Waals surface area contributed by atoms with E-state index in [1.807, 2.05) is 54.6 Å². The predicted molar refractivity (Wildman–Crippen MR) is 102 cm³/mol. The summed E-state index contributed by atoms with van der Waals surface area (Å²) in [6, 6.07) is 17.2. The van der Waals surface area contributed by atoms with Crippen LogP contribution in [0.5, 0.6) is 0 Å². The number of hydrogen-bond donors (Lipinski definition) is 2. The van der Waals surface area contributed by atoms with Gasteiger partial charge >= 0.3 is 0 Å². The van der Waals surface area contributed by atoms with Crippen molar-refractivity contribution in [1.29, 1.82) is 0 Å². The Morgan fingerprint density at radius 2 is 1.60 bits per heavy atom. The van der Waals surface area contributed by atoms with Gasteiger partial charge in [-0.15, -0.1) is 0 Å². The third-order valence-corrected chi connectivity index (χ3v) is 3.68. The molecule has 0 radical (unpaired) electrons. The zero-order valence-corrected chi connectivity index (χ0v) is 14.9. The van der Waals surface area contributed by atoms with E-state index < -0.39 is 0 Å². The number of rotatable bonds is 5. The van der Waals surface area contributed by atoms with E-state index in [0.29, 0.717) is 5.69 Å². The van der Waals surface area contributed by atoms with Crippen molar-refractivity contribution in [2.24, 2.45) is 0 Å². The molecule has 0 atom stereocenters. The second-order valence-corrected chi connectivity index (χ2v) is 6.84. The van der Waals surface area contributed by atoms with Crippen molar-refractivity contribution in [3.63, 3.8) is 0 Å². The first kappa shape index (κ1) is 18.5. The van der Waals surface area contributed by atoms with Crippen LogP contribution in [0.1, 0.15) is 31.9 Å². The number of carbonyl (C=O) groups excluding carboxylic acids is 2. The van der Waals surface area contributed by atoms with Gasteiger partial charge in [-0.05, 0) is 34.8 Å². The highest BCUT2D eigenvalue weighted by atomic mass is 16.2. The molecule has 2 aromatic carbocycles. The smallest absolute Gasteiger partial charge is 0.244 e. The van der Waals surface area contributed by atoms with E-state index in [2.05, 4.69) is 31.4 Å². The van der Waals surface area contributed by atoms with Crippen molar-refractivity contribution < 1.29 is 9.59 Å². The maximum Gasteiger partial charge on any atom is 0.244 e. The first-order valence-electron chi connectivity index (χ1n) is 8.26. The summed E-state index contributed by atoms with van der Waals surface area (Å²) in [6.45, 7) is 6.34. The molecule has 4 nitrogen and oxygen atoms in total. The zero-order chi connectivity index (χ0) is 18.3. The molecule has 0 unspecified atom stereocenters. The molecule has 0 aliphatic rings. The van der Waals surface area contributed by atoms with Gasteiger partial charge in [-0.25, -0.2) is 0 Å². The first-order chi connectivity index (χ1) is 11.8. The van der Waals surface area contributed by atoms with Gasteiger partial charge in [0.2, 0.25) is 11.8 Å². The molecule has 0 saturated heterocycles. The summed E-state index contributed by atoms with van der Waals surface area (Å²) in [5.41, 5.74) is 2.92. The fourth-order valence-corrected chi connectivity index (χ4v) is 2.22. The van der Waals surface area contributed by atoms with Gasteiger partial charge in [-0.1, -0.05) is 63.2 Å². The first-order valence-corrected chi connectivity index (χ1v) is 8.26. The van der Waals surface area contributed by atoms with E-state index in [1.165, 1.54) is 11.6 Å². The molecule has 0 fully saturated rings. The maximum absolute atomic E-state index is 11.9. The van der Waals surface area contributed by atoms with Gasteiger partial charge in [0.05, 0.1) is 6.54 Å². The number of carbonyl (C=O) groups is 2. The van der Waals surface area contributed by atoms with Gasteiger partial charge in [-0.2, -0.15) is 0 Å². The Morgan fingerprint density at radius 3 is 2.20 bits per heavy atom. The molecule has 0 aliphatic heterocycles. The van der Waals surface area contributed by atoms with Crippen LogP contribution in [0.4, 0.5) is 5.69 Å². The largest absolute Gasteiger partial charge is 0.343 e. The van der Waals surface area contributed by atoms with Gasteiger partial charge in [0, 0.05) is 11.8 Å². The molecule has 2 rings (SSSR count). The Kier molecular flexibility index (Phi) is 6.12. The summed E-state index contributed by atoms with van der Waals surface area (Å²) in [5, 5.41) is 5.34. The van der Waals surface area contributed by atoms with E-state index in [9.17, 15) is 9.59 Å². The Labute approximate surface area is 149 Å². The molecule has 0 aromatic heterocycles. The molecule has 2 aromatic rings. The monoisotopic (exact) mass is 336 g/mol. The lowest BCUT2D eigenvalue weighted by Crippen LogP contribution is -2.31. The fourth-order valence-electron chi connectivity index (χ4n) is 2.22. The van der Waals surface area contributed by atoms with Crippen molar-refractivity contribution >= 4 is 23.6 Å². The van der Waals surface area contributed by atoms with E-state index in [4.69, 9.17) is 0 Å². The molecular weight excluding hydrogens is 312 g/mol. The molecule has 0 spiro atoms.